The molecule has 2 heterocycles. The molecule has 2 aromatic heterocycles. The highest BCUT2D eigenvalue weighted by Crippen LogP contribution is 2.42. The summed E-state index contributed by atoms with van der Waals surface area (Å²) in [5, 5.41) is 22.3. The highest BCUT2D eigenvalue weighted by molar-refractivity contribution is 7.19. The molecule has 25 heavy (non-hydrogen) atoms. The minimum atomic E-state index is -0.917. The van der Waals surface area contributed by atoms with Gasteiger partial charge in [0.15, 0.2) is 0 Å². The molecule has 0 saturated carbocycles. The maximum Gasteiger partial charge on any atom is 0.106 e. The fourth-order valence-corrected chi connectivity index (χ4v) is 4.24. The number of anilines is 1. The quantitative estimate of drug-likeness (QED) is 0.666. The lowest BCUT2D eigenvalue weighted by molar-refractivity contribution is 0.0234. The van der Waals surface area contributed by atoms with Gasteiger partial charge in [0, 0.05) is 5.56 Å². The van der Waals surface area contributed by atoms with Crippen molar-refractivity contribution >= 4 is 16.3 Å². The average molecular weight is 363 g/mol. The number of aliphatic hydroxyl groups is 2. The Morgan fingerprint density at radius 1 is 1.00 bits per heavy atom. The van der Waals surface area contributed by atoms with Crippen LogP contribution in [0.2, 0.25) is 0 Å². The van der Waals surface area contributed by atoms with Crippen LogP contribution in [0.4, 0.5) is 5.00 Å². The molecule has 0 radical (unpaired) electrons. The molecule has 0 bridgehead atoms. The van der Waals surface area contributed by atoms with Crippen LogP contribution in [-0.4, -0.2) is 15.2 Å². The predicted molar refractivity (Wildman–Crippen MR) is 106 cm³/mol. The standard InChI is InChI=1S/C20H30N2O2S/c1-6-19(23,7-2)14-12-16(25-18(14)21)15-11-10-13(5)17(22-15)20(24,8-3)9-4/h10-12,23-24H,6-9,21H2,1-5H3. The van der Waals surface area contributed by atoms with Gasteiger partial charge in [-0.3, -0.25) is 0 Å². The normalized spacial score (nSPS) is 12.6. The van der Waals surface area contributed by atoms with Crippen LogP contribution in [0.25, 0.3) is 10.6 Å². The zero-order valence-electron chi connectivity index (χ0n) is 15.9. The largest absolute Gasteiger partial charge is 0.390 e. The van der Waals surface area contributed by atoms with Crippen molar-refractivity contribution in [2.75, 3.05) is 5.73 Å². The van der Waals surface area contributed by atoms with Crippen molar-refractivity contribution in [2.24, 2.45) is 0 Å². The van der Waals surface area contributed by atoms with E-state index in [1.54, 1.807) is 0 Å². The van der Waals surface area contributed by atoms with E-state index in [2.05, 4.69) is 0 Å². The van der Waals surface area contributed by atoms with Crippen LogP contribution >= 0.6 is 11.3 Å². The summed E-state index contributed by atoms with van der Waals surface area (Å²) >= 11 is 1.44. The van der Waals surface area contributed by atoms with Crippen LogP contribution in [0.3, 0.4) is 0 Å². The van der Waals surface area contributed by atoms with Crippen LogP contribution in [-0.2, 0) is 11.2 Å². The maximum atomic E-state index is 10.9. The lowest BCUT2D eigenvalue weighted by atomic mass is 9.89. The summed E-state index contributed by atoms with van der Waals surface area (Å²) in [5.41, 5.74) is 7.66. The first-order valence-electron chi connectivity index (χ1n) is 9.07. The van der Waals surface area contributed by atoms with Crippen LogP contribution < -0.4 is 5.73 Å². The number of nitrogens with zero attached hydrogens (tertiary/aromatic N) is 1. The van der Waals surface area contributed by atoms with Gasteiger partial charge in [-0.05, 0) is 50.3 Å². The fourth-order valence-electron chi connectivity index (χ4n) is 3.25. The van der Waals surface area contributed by atoms with E-state index in [9.17, 15) is 10.2 Å². The first kappa shape index (κ1) is 19.9. The zero-order valence-corrected chi connectivity index (χ0v) is 16.7. The Kier molecular flexibility index (Phi) is 5.92. The monoisotopic (exact) mass is 362 g/mol. The molecule has 0 aliphatic heterocycles. The molecule has 0 atom stereocenters. The highest BCUT2D eigenvalue weighted by atomic mass is 32.1. The molecule has 0 aliphatic carbocycles. The minimum absolute atomic E-state index is 0.613. The second kappa shape index (κ2) is 7.44. The SMILES string of the molecule is CCC(O)(CC)c1cc(-c2ccc(C)c(C(O)(CC)CC)n2)sc1N. The van der Waals surface area contributed by atoms with Gasteiger partial charge in [-0.25, -0.2) is 4.98 Å². The van der Waals surface area contributed by atoms with Crippen molar-refractivity contribution in [1.82, 2.24) is 4.98 Å². The Bertz CT molecular complexity index is 731. The molecule has 0 unspecified atom stereocenters. The highest BCUT2D eigenvalue weighted by Gasteiger charge is 2.31. The Balaban J connectivity index is 2.54. The van der Waals surface area contributed by atoms with Crippen LogP contribution in [0.1, 0.15) is 70.2 Å². The van der Waals surface area contributed by atoms with Crippen molar-refractivity contribution in [3.05, 3.63) is 35.0 Å². The number of nitrogen functional groups attached to an aromatic ring is 1. The number of hydrogen-bond acceptors (Lipinski definition) is 5. The van der Waals surface area contributed by atoms with Crippen molar-refractivity contribution in [3.8, 4) is 10.6 Å². The van der Waals surface area contributed by atoms with E-state index < -0.39 is 11.2 Å². The minimum Gasteiger partial charge on any atom is -0.390 e. The summed E-state index contributed by atoms with van der Waals surface area (Å²) in [7, 11) is 0. The number of hydrogen-bond donors (Lipinski definition) is 3. The topological polar surface area (TPSA) is 79.4 Å². The molecule has 0 fully saturated rings. The van der Waals surface area contributed by atoms with Gasteiger partial charge in [-0.1, -0.05) is 33.8 Å². The van der Waals surface area contributed by atoms with Crippen LogP contribution in [0, 0.1) is 6.92 Å². The third kappa shape index (κ3) is 3.59. The first-order valence-corrected chi connectivity index (χ1v) is 9.89. The molecule has 0 spiro atoms. The van der Waals surface area contributed by atoms with E-state index in [-0.39, 0.29) is 0 Å². The van der Waals surface area contributed by atoms with Crippen molar-refractivity contribution in [1.29, 1.82) is 0 Å². The van der Waals surface area contributed by atoms with Crippen molar-refractivity contribution in [2.45, 2.75) is 71.5 Å². The Morgan fingerprint density at radius 2 is 1.56 bits per heavy atom. The van der Waals surface area contributed by atoms with E-state index in [1.165, 1.54) is 11.3 Å². The molecule has 2 rings (SSSR count). The van der Waals surface area contributed by atoms with Gasteiger partial charge in [0.1, 0.15) is 5.60 Å². The Labute approximate surface area is 154 Å². The van der Waals surface area contributed by atoms with Gasteiger partial charge in [0.25, 0.3) is 0 Å². The maximum absolute atomic E-state index is 10.9. The van der Waals surface area contributed by atoms with Gasteiger partial charge in [0.2, 0.25) is 0 Å². The smallest absolute Gasteiger partial charge is 0.106 e. The van der Waals surface area contributed by atoms with E-state index in [4.69, 9.17) is 10.7 Å². The number of rotatable bonds is 7. The molecule has 0 aliphatic rings. The molecule has 0 amide bonds. The van der Waals surface area contributed by atoms with Gasteiger partial charge < -0.3 is 15.9 Å². The number of aryl methyl sites for hydroxylation is 1. The average Bonchev–Trinajstić information content (AvgIpc) is 3.03. The van der Waals surface area contributed by atoms with E-state index in [1.807, 2.05) is 52.8 Å². The van der Waals surface area contributed by atoms with Gasteiger partial charge in [-0.15, -0.1) is 11.3 Å². The molecular weight excluding hydrogens is 332 g/mol. The zero-order chi connectivity index (χ0) is 18.8. The van der Waals surface area contributed by atoms with Gasteiger partial charge in [0.05, 0.1) is 26.9 Å². The van der Waals surface area contributed by atoms with E-state index in [0.717, 1.165) is 27.4 Å². The molecule has 5 heteroatoms. The molecule has 4 nitrogen and oxygen atoms in total. The predicted octanol–water partition coefficient (Wildman–Crippen LogP) is 4.72. The number of thiophene rings is 1. The molecule has 0 aromatic carbocycles. The van der Waals surface area contributed by atoms with Crippen molar-refractivity contribution in [3.63, 3.8) is 0 Å². The molecule has 0 saturated heterocycles. The summed E-state index contributed by atoms with van der Waals surface area (Å²) in [5.74, 6) is 0. The summed E-state index contributed by atoms with van der Waals surface area (Å²) in [6.45, 7) is 9.85. The Hall–Kier alpha value is -1.43. The van der Waals surface area contributed by atoms with Gasteiger partial charge in [-0.2, -0.15) is 0 Å². The second-order valence-corrected chi connectivity index (χ2v) is 7.81. The number of aromatic nitrogens is 1. The van der Waals surface area contributed by atoms with Crippen LogP contribution in [0.5, 0.6) is 0 Å². The molecule has 2 aromatic rings. The fraction of sp³-hybridized carbons (Fsp3) is 0.550. The molecule has 138 valence electrons. The summed E-state index contributed by atoms with van der Waals surface area (Å²) in [6.07, 6.45) is 2.46. The molecule has 4 N–H and O–H groups in total. The second-order valence-electron chi connectivity index (χ2n) is 6.73. The number of pyridine rings is 1. The third-order valence-electron chi connectivity index (χ3n) is 5.39. The third-order valence-corrected chi connectivity index (χ3v) is 6.38. The lowest BCUT2D eigenvalue weighted by Crippen LogP contribution is -2.26. The lowest BCUT2D eigenvalue weighted by Gasteiger charge is -2.26. The molecular formula is C20H30N2O2S. The summed E-state index contributed by atoms with van der Waals surface area (Å²) in [6, 6.07) is 5.90. The van der Waals surface area contributed by atoms with Gasteiger partial charge >= 0.3 is 0 Å². The summed E-state index contributed by atoms with van der Waals surface area (Å²) < 4.78 is 0. The Morgan fingerprint density at radius 3 is 2.08 bits per heavy atom. The van der Waals surface area contributed by atoms with Crippen molar-refractivity contribution < 1.29 is 10.2 Å². The van der Waals surface area contributed by atoms with Crippen LogP contribution in [0.15, 0.2) is 18.2 Å². The summed E-state index contributed by atoms with van der Waals surface area (Å²) in [4.78, 5) is 5.69. The van der Waals surface area contributed by atoms with E-state index in [0.29, 0.717) is 30.7 Å². The van der Waals surface area contributed by atoms with E-state index >= 15 is 0 Å². The number of nitrogens with two attached hydrogens (primary N) is 1. The first-order chi connectivity index (χ1) is 11.7.